The van der Waals surface area contributed by atoms with Gasteiger partial charge in [0.15, 0.2) is 0 Å². The second kappa shape index (κ2) is 4.93. The number of hydrogen-bond acceptors (Lipinski definition) is 4. The van der Waals surface area contributed by atoms with Crippen LogP contribution in [0.4, 0.5) is 0 Å². The highest BCUT2D eigenvalue weighted by Crippen LogP contribution is 2.16. The molecule has 0 aromatic carbocycles. The molecular weight excluding hydrogens is 194 g/mol. The van der Waals surface area contributed by atoms with Crippen molar-refractivity contribution in [3.8, 4) is 0 Å². The Balaban J connectivity index is 2.77. The smallest absolute Gasteiger partial charge is 0.326 e. The molecule has 0 saturated carbocycles. The second-order valence-corrected chi connectivity index (χ2v) is 3.65. The van der Waals surface area contributed by atoms with Gasteiger partial charge >= 0.3 is 5.97 Å². The van der Waals surface area contributed by atoms with Gasteiger partial charge in [-0.2, -0.15) is 0 Å². The third-order valence-corrected chi connectivity index (χ3v) is 2.35. The van der Waals surface area contributed by atoms with Gasteiger partial charge in [0.1, 0.15) is 5.54 Å². The number of hydrogen-bond donors (Lipinski definition) is 2. The van der Waals surface area contributed by atoms with E-state index in [-0.39, 0.29) is 5.97 Å². The number of H-pyrrole nitrogens is 1. The molecule has 1 aromatic heterocycles. The Morgan fingerprint density at radius 3 is 2.93 bits per heavy atom. The van der Waals surface area contributed by atoms with E-state index in [0.717, 1.165) is 12.1 Å². The van der Waals surface area contributed by atoms with Crippen LogP contribution >= 0.6 is 0 Å². The van der Waals surface area contributed by atoms with Crippen molar-refractivity contribution in [2.45, 2.75) is 31.7 Å². The topological polar surface area (TPSA) is 81.0 Å². The number of imidazole rings is 1. The van der Waals surface area contributed by atoms with Crippen LogP contribution in [-0.4, -0.2) is 28.6 Å². The molecule has 1 aromatic rings. The molecule has 0 aliphatic carbocycles. The number of esters is 1. The third kappa shape index (κ3) is 2.79. The predicted octanol–water partition coefficient (Wildman–Crippen LogP) is 0.623. The van der Waals surface area contributed by atoms with Crippen LogP contribution in [0.2, 0.25) is 0 Å². The van der Waals surface area contributed by atoms with Crippen molar-refractivity contribution in [2.24, 2.45) is 5.73 Å². The number of carbonyl (C=O) groups is 1. The summed E-state index contributed by atoms with van der Waals surface area (Å²) < 4.78 is 4.72. The normalized spacial score (nSPS) is 14.6. The Morgan fingerprint density at radius 2 is 2.47 bits per heavy atom. The zero-order valence-electron chi connectivity index (χ0n) is 9.12. The lowest BCUT2D eigenvalue weighted by molar-refractivity contribution is -0.147. The maximum atomic E-state index is 11.6. The van der Waals surface area contributed by atoms with Crippen molar-refractivity contribution >= 4 is 5.97 Å². The first-order valence-corrected chi connectivity index (χ1v) is 4.97. The van der Waals surface area contributed by atoms with Gasteiger partial charge < -0.3 is 15.5 Å². The molecule has 0 fully saturated rings. The molecule has 0 aliphatic rings. The Hall–Kier alpha value is -1.36. The number of nitrogens with two attached hydrogens (primary N) is 1. The lowest BCUT2D eigenvalue weighted by Crippen LogP contribution is -2.50. The van der Waals surface area contributed by atoms with E-state index in [9.17, 15) is 4.79 Å². The molecule has 1 unspecified atom stereocenters. The maximum absolute atomic E-state index is 11.6. The summed E-state index contributed by atoms with van der Waals surface area (Å²) in [4.78, 5) is 18.4. The largest absolute Gasteiger partial charge is 0.468 e. The van der Waals surface area contributed by atoms with Crippen LogP contribution in [0.3, 0.4) is 0 Å². The number of aromatic nitrogens is 2. The van der Waals surface area contributed by atoms with Gasteiger partial charge in [-0.3, -0.25) is 4.79 Å². The van der Waals surface area contributed by atoms with Gasteiger partial charge in [0.2, 0.25) is 0 Å². The van der Waals surface area contributed by atoms with E-state index in [1.807, 2.05) is 6.92 Å². The fourth-order valence-electron chi connectivity index (χ4n) is 1.63. The standard InChI is InChI=1S/C10H17N3O2/c1-3-4-10(11,9(14)15-2)5-8-6-12-7-13-8/h6-7H,3-5,11H2,1-2H3,(H,12,13). The van der Waals surface area contributed by atoms with E-state index in [1.54, 1.807) is 12.5 Å². The van der Waals surface area contributed by atoms with Crippen LogP contribution in [0, 0.1) is 0 Å². The molecule has 0 radical (unpaired) electrons. The van der Waals surface area contributed by atoms with Gasteiger partial charge in [0, 0.05) is 18.3 Å². The molecule has 3 N–H and O–H groups in total. The molecule has 1 rings (SSSR count). The zero-order valence-corrected chi connectivity index (χ0v) is 9.12. The number of carbonyl (C=O) groups excluding carboxylic acids is 1. The van der Waals surface area contributed by atoms with E-state index >= 15 is 0 Å². The lowest BCUT2D eigenvalue weighted by atomic mass is 9.90. The highest BCUT2D eigenvalue weighted by atomic mass is 16.5. The summed E-state index contributed by atoms with van der Waals surface area (Å²) in [6, 6.07) is 0. The van der Waals surface area contributed by atoms with Crippen molar-refractivity contribution in [3.63, 3.8) is 0 Å². The van der Waals surface area contributed by atoms with Gasteiger partial charge in [-0.05, 0) is 6.42 Å². The van der Waals surface area contributed by atoms with E-state index in [2.05, 4.69) is 9.97 Å². The van der Waals surface area contributed by atoms with E-state index in [1.165, 1.54) is 7.11 Å². The zero-order chi connectivity index (χ0) is 11.3. The first kappa shape index (κ1) is 11.7. The van der Waals surface area contributed by atoms with Crippen LogP contribution in [-0.2, 0) is 16.0 Å². The highest BCUT2D eigenvalue weighted by molar-refractivity contribution is 5.80. The van der Waals surface area contributed by atoms with Crippen molar-refractivity contribution in [3.05, 3.63) is 18.2 Å². The van der Waals surface area contributed by atoms with Crippen molar-refractivity contribution < 1.29 is 9.53 Å². The number of rotatable bonds is 5. The van der Waals surface area contributed by atoms with E-state index in [0.29, 0.717) is 12.8 Å². The molecular formula is C10H17N3O2. The highest BCUT2D eigenvalue weighted by Gasteiger charge is 2.34. The van der Waals surface area contributed by atoms with Gasteiger partial charge in [0.25, 0.3) is 0 Å². The van der Waals surface area contributed by atoms with Crippen molar-refractivity contribution in [1.82, 2.24) is 9.97 Å². The summed E-state index contributed by atoms with van der Waals surface area (Å²) in [5, 5.41) is 0. The predicted molar refractivity (Wildman–Crippen MR) is 56.1 cm³/mol. The van der Waals surface area contributed by atoms with Crippen LogP contribution in [0.25, 0.3) is 0 Å². The fraction of sp³-hybridized carbons (Fsp3) is 0.600. The summed E-state index contributed by atoms with van der Waals surface area (Å²) in [7, 11) is 1.35. The first-order chi connectivity index (χ1) is 7.12. The Labute approximate surface area is 89.0 Å². The van der Waals surface area contributed by atoms with Crippen molar-refractivity contribution in [2.75, 3.05) is 7.11 Å². The summed E-state index contributed by atoms with van der Waals surface area (Å²) >= 11 is 0. The van der Waals surface area contributed by atoms with Crippen LogP contribution < -0.4 is 5.73 Å². The average Bonchev–Trinajstić information content (AvgIpc) is 2.69. The van der Waals surface area contributed by atoms with Crippen LogP contribution in [0.1, 0.15) is 25.5 Å². The summed E-state index contributed by atoms with van der Waals surface area (Å²) in [6.45, 7) is 1.98. The Kier molecular flexibility index (Phi) is 3.85. The molecule has 0 bridgehead atoms. The second-order valence-electron chi connectivity index (χ2n) is 3.65. The Bertz CT molecular complexity index is 310. The quantitative estimate of drug-likeness (QED) is 0.700. The summed E-state index contributed by atoms with van der Waals surface area (Å²) in [6.07, 6.45) is 5.09. The molecule has 0 aliphatic heterocycles. The van der Waals surface area contributed by atoms with Crippen LogP contribution in [0.15, 0.2) is 12.5 Å². The molecule has 0 saturated heterocycles. The Morgan fingerprint density at radius 1 is 1.73 bits per heavy atom. The number of methoxy groups -OCH3 is 1. The van der Waals surface area contributed by atoms with E-state index in [4.69, 9.17) is 10.5 Å². The minimum absolute atomic E-state index is 0.376. The molecule has 1 heterocycles. The maximum Gasteiger partial charge on any atom is 0.326 e. The molecule has 5 nitrogen and oxygen atoms in total. The number of aromatic amines is 1. The minimum Gasteiger partial charge on any atom is -0.468 e. The number of ether oxygens (including phenoxy) is 1. The monoisotopic (exact) mass is 211 g/mol. The molecule has 15 heavy (non-hydrogen) atoms. The molecule has 0 amide bonds. The number of nitrogens with one attached hydrogen (secondary N) is 1. The summed E-state index contributed by atoms with van der Waals surface area (Å²) in [5.41, 5.74) is 5.93. The van der Waals surface area contributed by atoms with Gasteiger partial charge in [0.05, 0.1) is 13.4 Å². The SMILES string of the molecule is CCCC(N)(Cc1cnc[nH]1)C(=O)OC. The average molecular weight is 211 g/mol. The fourth-order valence-corrected chi connectivity index (χ4v) is 1.63. The molecule has 1 atom stereocenters. The lowest BCUT2D eigenvalue weighted by Gasteiger charge is -2.25. The van der Waals surface area contributed by atoms with Crippen molar-refractivity contribution in [1.29, 1.82) is 0 Å². The first-order valence-electron chi connectivity index (χ1n) is 4.97. The van der Waals surface area contributed by atoms with Gasteiger partial charge in [-0.15, -0.1) is 0 Å². The van der Waals surface area contributed by atoms with Gasteiger partial charge in [-0.25, -0.2) is 4.98 Å². The molecule has 84 valence electrons. The number of nitrogens with zero attached hydrogens (tertiary/aromatic N) is 1. The van der Waals surface area contributed by atoms with E-state index < -0.39 is 5.54 Å². The summed E-state index contributed by atoms with van der Waals surface area (Å²) in [5.74, 6) is -0.376. The van der Waals surface area contributed by atoms with Gasteiger partial charge in [-0.1, -0.05) is 13.3 Å². The van der Waals surface area contributed by atoms with Crippen LogP contribution in [0.5, 0.6) is 0 Å². The minimum atomic E-state index is -0.948. The molecule has 5 heteroatoms. The molecule has 0 spiro atoms. The third-order valence-electron chi connectivity index (χ3n) is 2.35.